The largest absolute Gasteiger partial charge is 0.431 e. The highest BCUT2D eigenvalue weighted by atomic mass is 35.5. The van der Waals surface area contributed by atoms with E-state index < -0.39 is 0 Å². The maximum atomic E-state index is 6.02. The van der Waals surface area contributed by atoms with Crippen LogP contribution in [-0.4, -0.2) is 4.57 Å². The first-order valence-electron chi connectivity index (χ1n) is 7.93. The fourth-order valence-electron chi connectivity index (χ4n) is 2.65. The number of nitrogens with zero attached hydrogens (tertiary/aromatic N) is 2. The number of aromatic nitrogens is 1. The van der Waals surface area contributed by atoms with Gasteiger partial charge < -0.3 is 4.42 Å². The molecule has 1 aromatic heterocycles. The summed E-state index contributed by atoms with van der Waals surface area (Å²) >= 11 is 6.02. The Kier molecular flexibility index (Phi) is 4.23. The van der Waals surface area contributed by atoms with Gasteiger partial charge in [-0.2, -0.15) is 4.99 Å². The van der Waals surface area contributed by atoms with Gasteiger partial charge in [0.1, 0.15) is 6.26 Å². The van der Waals surface area contributed by atoms with Crippen LogP contribution >= 0.6 is 11.6 Å². The van der Waals surface area contributed by atoms with Gasteiger partial charge in [0.2, 0.25) is 0 Å². The van der Waals surface area contributed by atoms with Gasteiger partial charge in [0, 0.05) is 10.6 Å². The Hall–Kier alpha value is -3.04. The van der Waals surface area contributed by atoms with Crippen LogP contribution in [0.4, 0.5) is 5.69 Å². The molecule has 0 bridgehead atoms. The summed E-state index contributed by atoms with van der Waals surface area (Å²) in [7, 11) is 0. The summed E-state index contributed by atoms with van der Waals surface area (Å²) in [4.78, 5) is 4.65. The monoisotopic (exact) mass is 346 g/mol. The molecule has 0 saturated carbocycles. The molecule has 4 heteroatoms. The van der Waals surface area contributed by atoms with Crippen molar-refractivity contribution in [1.82, 2.24) is 4.57 Å². The molecule has 0 saturated heterocycles. The van der Waals surface area contributed by atoms with Crippen molar-refractivity contribution in [2.45, 2.75) is 0 Å². The van der Waals surface area contributed by atoms with Gasteiger partial charge in [0.05, 0.1) is 17.1 Å². The van der Waals surface area contributed by atoms with Gasteiger partial charge in [-0.3, -0.25) is 4.57 Å². The third kappa shape index (κ3) is 3.28. The molecule has 0 aliphatic rings. The molecule has 0 atom stereocenters. The predicted molar refractivity (Wildman–Crippen MR) is 100 cm³/mol. The number of oxazole rings is 1. The van der Waals surface area contributed by atoms with E-state index in [1.54, 1.807) is 6.26 Å². The molecule has 3 aromatic carbocycles. The first-order valence-corrected chi connectivity index (χ1v) is 8.31. The van der Waals surface area contributed by atoms with E-state index in [-0.39, 0.29) is 0 Å². The van der Waals surface area contributed by atoms with Gasteiger partial charge in [-0.25, -0.2) is 0 Å². The fraction of sp³-hybridized carbons (Fsp3) is 0. The third-order valence-electron chi connectivity index (χ3n) is 3.84. The fourth-order valence-corrected chi connectivity index (χ4v) is 2.78. The van der Waals surface area contributed by atoms with Gasteiger partial charge in [-0.05, 0) is 36.4 Å². The molecule has 25 heavy (non-hydrogen) atoms. The van der Waals surface area contributed by atoms with E-state index in [0.717, 1.165) is 22.6 Å². The zero-order valence-corrected chi connectivity index (χ0v) is 14.1. The summed E-state index contributed by atoms with van der Waals surface area (Å²) in [5.74, 6) is 0. The smallest absolute Gasteiger partial charge is 0.307 e. The van der Waals surface area contributed by atoms with E-state index in [9.17, 15) is 0 Å². The van der Waals surface area contributed by atoms with Crippen molar-refractivity contribution in [3.8, 4) is 16.9 Å². The second kappa shape index (κ2) is 6.83. The summed E-state index contributed by atoms with van der Waals surface area (Å²) in [5, 5.41) is 0.702. The number of hydrogen-bond acceptors (Lipinski definition) is 2. The lowest BCUT2D eigenvalue weighted by Gasteiger charge is -2.07. The van der Waals surface area contributed by atoms with Gasteiger partial charge in [-0.15, -0.1) is 0 Å². The standard InChI is InChI=1S/C21H15ClN2O/c22-17-13-11-16(12-14-17)20-15-25-21(23-18-7-3-1-4-8-18)24(20)19-9-5-2-6-10-19/h1-15H. The molecule has 0 fully saturated rings. The lowest BCUT2D eigenvalue weighted by molar-refractivity contribution is 0.488. The SMILES string of the molecule is Clc1ccc(-c2coc(=Nc3ccccc3)n2-c2ccccc2)cc1. The Labute approximate surface area is 150 Å². The van der Waals surface area contributed by atoms with Gasteiger partial charge in [0.25, 0.3) is 0 Å². The molecule has 0 radical (unpaired) electrons. The predicted octanol–water partition coefficient (Wildman–Crippen LogP) is 5.62. The maximum absolute atomic E-state index is 6.02. The van der Waals surface area contributed by atoms with Crippen molar-refractivity contribution < 1.29 is 4.42 Å². The molecular formula is C21H15ClN2O. The summed E-state index contributed by atoms with van der Waals surface area (Å²) in [6.07, 6.45) is 1.72. The molecule has 0 unspecified atom stereocenters. The van der Waals surface area contributed by atoms with E-state index in [2.05, 4.69) is 4.99 Å². The normalized spacial score (nSPS) is 11.6. The average Bonchev–Trinajstić information content (AvgIpc) is 3.07. The minimum absolute atomic E-state index is 0.516. The molecule has 0 amide bonds. The highest BCUT2D eigenvalue weighted by Crippen LogP contribution is 2.24. The molecule has 4 rings (SSSR count). The van der Waals surface area contributed by atoms with E-state index in [0.29, 0.717) is 10.7 Å². The highest BCUT2D eigenvalue weighted by Gasteiger charge is 2.11. The molecule has 3 nitrogen and oxygen atoms in total. The average molecular weight is 347 g/mol. The molecule has 0 N–H and O–H groups in total. The van der Waals surface area contributed by atoms with Crippen molar-refractivity contribution >= 4 is 17.3 Å². The van der Waals surface area contributed by atoms with Crippen LogP contribution in [-0.2, 0) is 0 Å². The lowest BCUT2D eigenvalue weighted by Crippen LogP contribution is -2.14. The number of benzene rings is 3. The topological polar surface area (TPSA) is 30.4 Å². The first kappa shape index (κ1) is 15.5. The zero-order valence-electron chi connectivity index (χ0n) is 13.3. The highest BCUT2D eigenvalue weighted by molar-refractivity contribution is 6.30. The van der Waals surface area contributed by atoms with Crippen LogP contribution < -0.4 is 5.68 Å². The Bertz CT molecular complexity index is 1030. The number of para-hydroxylation sites is 2. The molecule has 1 heterocycles. The number of hydrogen-bond donors (Lipinski definition) is 0. The summed E-state index contributed by atoms with van der Waals surface area (Å²) < 4.78 is 7.80. The van der Waals surface area contributed by atoms with Crippen LogP contribution in [0.1, 0.15) is 0 Å². The van der Waals surface area contributed by atoms with Crippen LogP contribution in [0.15, 0.2) is 101 Å². The van der Waals surface area contributed by atoms with Crippen molar-refractivity contribution in [3.63, 3.8) is 0 Å². The third-order valence-corrected chi connectivity index (χ3v) is 4.10. The van der Waals surface area contributed by atoms with Gasteiger partial charge >= 0.3 is 5.68 Å². The van der Waals surface area contributed by atoms with E-state index in [1.807, 2.05) is 89.5 Å². The maximum Gasteiger partial charge on any atom is 0.307 e. The molecule has 0 aliphatic carbocycles. The van der Waals surface area contributed by atoms with Crippen LogP contribution in [0.3, 0.4) is 0 Å². The zero-order chi connectivity index (χ0) is 17.1. The van der Waals surface area contributed by atoms with Crippen molar-refractivity contribution in [2.24, 2.45) is 4.99 Å². The van der Waals surface area contributed by atoms with Crippen LogP contribution in [0.2, 0.25) is 5.02 Å². The minimum atomic E-state index is 0.516. The minimum Gasteiger partial charge on any atom is -0.431 e. The Morgan fingerprint density at radius 1 is 0.760 bits per heavy atom. The lowest BCUT2D eigenvalue weighted by atomic mass is 10.1. The van der Waals surface area contributed by atoms with Crippen LogP contribution in [0.5, 0.6) is 0 Å². The molecular weight excluding hydrogens is 332 g/mol. The second-order valence-corrected chi connectivity index (χ2v) is 5.97. The quantitative estimate of drug-likeness (QED) is 0.473. The van der Waals surface area contributed by atoms with Gasteiger partial charge in [0.15, 0.2) is 0 Å². The second-order valence-electron chi connectivity index (χ2n) is 5.53. The number of rotatable bonds is 3. The Morgan fingerprint density at radius 3 is 2.08 bits per heavy atom. The van der Waals surface area contributed by atoms with Crippen molar-refractivity contribution in [1.29, 1.82) is 0 Å². The van der Waals surface area contributed by atoms with Crippen molar-refractivity contribution in [3.05, 3.63) is 102 Å². The number of halogens is 1. The van der Waals surface area contributed by atoms with E-state index in [1.165, 1.54) is 0 Å². The van der Waals surface area contributed by atoms with Crippen LogP contribution in [0.25, 0.3) is 16.9 Å². The molecule has 0 spiro atoms. The Balaban J connectivity index is 1.94. The first-order chi connectivity index (χ1) is 12.3. The summed E-state index contributed by atoms with van der Waals surface area (Å²) in [6.45, 7) is 0. The van der Waals surface area contributed by atoms with E-state index >= 15 is 0 Å². The molecule has 4 aromatic rings. The molecule has 0 aliphatic heterocycles. The van der Waals surface area contributed by atoms with Crippen molar-refractivity contribution in [2.75, 3.05) is 0 Å². The van der Waals surface area contributed by atoms with Crippen LogP contribution in [0, 0.1) is 0 Å². The van der Waals surface area contributed by atoms with E-state index in [4.69, 9.17) is 16.0 Å². The van der Waals surface area contributed by atoms with Gasteiger partial charge in [-0.1, -0.05) is 60.1 Å². The summed E-state index contributed by atoms with van der Waals surface area (Å²) in [6, 6.07) is 27.5. The Morgan fingerprint density at radius 2 is 1.40 bits per heavy atom. The molecule has 122 valence electrons. The summed E-state index contributed by atoms with van der Waals surface area (Å²) in [5.41, 5.74) is 4.26.